The number of anilines is 1. The number of hydrogen-bond acceptors (Lipinski definition) is 5. The van der Waals surface area contributed by atoms with Gasteiger partial charge in [0.1, 0.15) is 5.82 Å². The molecule has 33 heavy (non-hydrogen) atoms. The van der Waals surface area contributed by atoms with Gasteiger partial charge in [-0.15, -0.1) is 22.7 Å². The normalized spacial score (nSPS) is 11.4. The number of halogens is 1. The molecule has 0 spiro atoms. The number of carbonyl (C=O) groups is 1. The minimum Gasteiger partial charge on any atom is -0.326 e. The summed E-state index contributed by atoms with van der Waals surface area (Å²) in [5.41, 5.74) is 5.06. The maximum Gasteiger partial charge on any atom is 0.230 e. The molecule has 0 atom stereocenters. The highest BCUT2D eigenvalue weighted by molar-refractivity contribution is 7.15. The molecule has 1 N–H and O–H groups in total. The van der Waals surface area contributed by atoms with E-state index in [1.54, 1.807) is 23.5 Å². The van der Waals surface area contributed by atoms with Gasteiger partial charge in [-0.2, -0.15) is 0 Å². The highest BCUT2D eigenvalue weighted by atomic mass is 32.1. The van der Waals surface area contributed by atoms with E-state index < -0.39 is 0 Å². The summed E-state index contributed by atoms with van der Waals surface area (Å²) in [7, 11) is 0. The Balaban J connectivity index is 1.16. The quantitative estimate of drug-likeness (QED) is 0.346. The summed E-state index contributed by atoms with van der Waals surface area (Å²) in [6.07, 6.45) is 6.08. The number of nitrogens with zero attached hydrogens (tertiary/aromatic N) is 4. The molecule has 9 heteroatoms. The minimum absolute atomic E-state index is 0.109. The maximum atomic E-state index is 13.2. The first kappa shape index (κ1) is 19.8. The summed E-state index contributed by atoms with van der Waals surface area (Å²) in [4.78, 5) is 23.6. The van der Waals surface area contributed by atoms with Crippen molar-refractivity contribution in [1.82, 2.24) is 18.8 Å². The van der Waals surface area contributed by atoms with E-state index in [9.17, 15) is 9.18 Å². The van der Waals surface area contributed by atoms with Gasteiger partial charge in [0.25, 0.3) is 0 Å². The van der Waals surface area contributed by atoms with Crippen LogP contribution in [0.5, 0.6) is 0 Å². The molecule has 6 rings (SSSR count). The maximum absolute atomic E-state index is 13.2. The average molecular weight is 474 g/mol. The van der Waals surface area contributed by atoms with Crippen LogP contribution in [-0.2, 0) is 11.2 Å². The fourth-order valence-electron chi connectivity index (χ4n) is 3.68. The standard InChI is InChI=1S/C24H16FN5OS2/c25-17-5-1-15(2-6-17)21-13-30-19(14-33-24(30)28-21)11-22(31)26-18-7-3-16(4-8-18)20-12-29-9-10-32-23(29)27-20/h1-10,12-14H,11H2,(H,26,31). The van der Waals surface area contributed by atoms with Crippen molar-refractivity contribution in [1.29, 1.82) is 0 Å². The zero-order chi connectivity index (χ0) is 22.4. The molecule has 0 aliphatic heterocycles. The molecule has 4 heterocycles. The Morgan fingerprint density at radius 3 is 2.36 bits per heavy atom. The highest BCUT2D eigenvalue weighted by Gasteiger charge is 2.13. The van der Waals surface area contributed by atoms with E-state index in [1.807, 2.05) is 62.4 Å². The second-order valence-electron chi connectivity index (χ2n) is 7.53. The van der Waals surface area contributed by atoms with Gasteiger partial charge in [-0.25, -0.2) is 14.4 Å². The fraction of sp³-hybridized carbons (Fsp3) is 0.0417. The zero-order valence-corrected chi connectivity index (χ0v) is 18.7. The average Bonchev–Trinajstić information content (AvgIpc) is 3.57. The van der Waals surface area contributed by atoms with Gasteiger partial charge in [-0.1, -0.05) is 12.1 Å². The topological polar surface area (TPSA) is 63.7 Å². The van der Waals surface area contributed by atoms with E-state index in [4.69, 9.17) is 0 Å². The predicted octanol–water partition coefficient (Wildman–Crippen LogP) is 5.76. The molecule has 2 aromatic carbocycles. The first-order valence-electron chi connectivity index (χ1n) is 10.2. The number of nitrogens with one attached hydrogen (secondary N) is 1. The van der Waals surface area contributed by atoms with Crippen LogP contribution in [0.4, 0.5) is 10.1 Å². The van der Waals surface area contributed by atoms with Crippen molar-refractivity contribution in [3.63, 3.8) is 0 Å². The van der Waals surface area contributed by atoms with Crippen molar-refractivity contribution < 1.29 is 9.18 Å². The third-order valence-corrected chi connectivity index (χ3v) is 6.98. The van der Waals surface area contributed by atoms with Crippen molar-refractivity contribution in [2.75, 3.05) is 5.32 Å². The second-order valence-corrected chi connectivity index (χ2v) is 9.24. The third-order valence-electron chi connectivity index (χ3n) is 5.32. The van der Waals surface area contributed by atoms with Crippen LogP contribution in [0.25, 0.3) is 32.4 Å². The van der Waals surface area contributed by atoms with Gasteiger partial charge in [-0.3, -0.25) is 13.6 Å². The van der Waals surface area contributed by atoms with Crippen molar-refractivity contribution in [2.24, 2.45) is 0 Å². The van der Waals surface area contributed by atoms with Crippen LogP contribution in [0, 0.1) is 5.82 Å². The van der Waals surface area contributed by atoms with E-state index in [2.05, 4.69) is 15.3 Å². The van der Waals surface area contributed by atoms with Gasteiger partial charge in [0, 0.05) is 51.9 Å². The molecule has 6 aromatic rings. The summed E-state index contributed by atoms with van der Waals surface area (Å²) in [5.74, 6) is -0.392. The van der Waals surface area contributed by atoms with Gasteiger partial charge in [0.05, 0.1) is 17.8 Å². The highest BCUT2D eigenvalue weighted by Crippen LogP contribution is 2.25. The molecular formula is C24H16FN5OS2. The number of hydrogen-bond donors (Lipinski definition) is 1. The third kappa shape index (κ3) is 3.81. The Morgan fingerprint density at radius 2 is 1.61 bits per heavy atom. The monoisotopic (exact) mass is 473 g/mol. The molecule has 0 saturated heterocycles. The van der Waals surface area contributed by atoms with Crippen LogP contribution < -0.4 is 5.32 Å². The Kier molecular flexibility index (Phi) is 4.78. The first-order valence-corrected chi connectivity index (χ1v) is 11.9. The lowest BCUT2D eigenvalue weighted by atomic mass is 10.1. The molecule has 1 amide bonds. The van der Waals surface area contributed by atoms with Crippen LogP contribution in [0.15, 0.2) is 77.9 Å². The second kappa shape index (κ2) is 7.95. The van der Waals surface area contributed by atoms with Gasteiger partial charge >= 0.3 is 0 Å². The van der Waals surface area contributed by atoms with Crippen LogP contribution in [0.2, 0.25) is 0 Å². The van der Waals surface area contributed by atoms with Gasteiger partial charge in [-0.05, 0) is 36.4 Å². The van der Waals surface area contributed by atoms with E-state index >= 15 is 0 Å². The van der Waals surface area contributed by atoms with Gasteiger partial charge in [0.15, 0.2) is 9.92 Å². The minimum atomic E-state index is -0.282. The number of benzene rings is 2. The van der Waals surface area contributed by atoms with E-state index in [0.29, 0.717) is 0 Å². The zero-order valence-electron chi connectivity index (χ0n) is 17.1. The summed E-state index contributed by atoms with van der Waals surface area (Å²) < 4.78 is 17.1. The molecule has 0 radical (unpaired) electrons. The Bertz CT molecular complexity index is 1560. The van der Waals surface area contributed by atoms with Crippen LogP contribution in [-0.4, -0.2) is 24.7 Å². The van der Waals surface area contributed by atoms with E-state index in [-0.39, 0.29) is 18.1 Å². The van der Waals surface area contributed by atoms with Crippen LogP contribution >= 0.6 is 22.7 Å². The Morgan fingerprint density at radius 1 is 0.909 bits per heavy atom. The first-order chi connectivity index (χ1) is 16.1. The summed E-state index contributed by atoms with van der Waals surface area (Å²) >= 11 is 3.06. The molecule has 162 valence electrons. The molecule has 0 saturated carbocycles. The van der Waals surface area contributed by atoms with Crippen LogP contribution in [0.1, 0.15) is 5.69 Å². The molecular weight excluding hydrogens is 457 g/mol. The lowest BCUT2D eigenvalue weighted by molar-refractivity contribution is -0.115. The number of thiazole rings is 2. The number of amides is 1. The van der Waals surface area contributed by atoms with E-state index in [0.717, 1.165) is 43.8 Å². The number of rotatable bonds is 5. The molecule has 4 aromatic heterocycles. The van der Waals surface area contributed by atoms with Gasteiger partial charge < -0.3 is 5.32 Å². The lowest BCUT2D eigenvalue weighted by Crippen LogP contribution is -2.15. The smallest absolute Gasteiger partial charge is 0.230 e. The largest absolute Gasteiger partial charge is 0.326 e. The lowest BCUT2D eigenvalue weighted by Gasteiger charge is -2.06. The summed E-state index contributed by atoms with van der Waals surface area (Å²) in [6, 6.07) is 13.9. The number of imidazole rings is 2. The predicted molar refractivity (Wildman–Crippen MR) is 129 cm³/mol. The van der Waals surface area contributed by atoms with Crippen molar-refractivity contribution in [3.05, 3.63) is 89.4 Å². The molecule has 0 fully saturated rings. The molecule has 0 aliphatic carbocycles. The molecule has 0 unspecified atom stereocenters. The van der Waals surface area contributed by atoms with Crippen molar-refractivity contribution >= 4 is 44.2 Å². The number of aromatic nitrogens is 4. The fourth-order valence-corrected chi connectivity index (χ4v) is 5.25. The SMILES string of the molecule is O=C(Cc1csc2nc(-c3ccc(F)cc3)cn12)Nc1ccc(-c2cn3ccsc3n2)cc1. The summed E-state index contributed by atoms with van der Waals surface area (Å²) in [5, 5.41) is 6.89. The number of carbonyl (C=O) groups excluding carboxylic acids is 1. The summed E-state index contributed by atoms with van der Waals surface area (Å²) in [6.45, 7) is 0. The Labute approximate surface area is 195 Å². The molecule has 6 nitrogen and oxygen atoms in total. The molecule has 0 aliphatic rings. The molecule has 0 bridgehead atoms. The van der Waals surface area contributed by atoms with Gasteiger partial charge in [0.2, 0.25) is 5.91 Å². The van der Waals surface area contributed by atoms with Crippen LogP contribution in [0.3, 0.4) is 0 Å². The van der Waals surface area contributed by atoms with E-state index in [1.165, 1.54) is 23.5 Å². The number of fused-ring (bicyclic) bond motifs is 2. The van der Waals surface area contributed by atoms with Crippen molar-refractivity contribution in [3.8, 4) is 22.5 Å². The Hall–Kier alpha value is -3.82. The van der Waals surface area contributed by atoms with Crippen molar-refractivity contribution in [2.45, 2.75) is 6.42 Å².